The Morgan fingerprint density at radius 2 is 1.64 bits per heavy atom. The van der Waals surface area contributed by atoms with Gasteiger partial charge in [-0.1, -0.05) is 30.7 Å². The number of benzene rings is 2. The minimum atomic E-state index is -0.00621. The van der Waals surface area contributed by atoms with Gasteiger partial charge in [0.15, 0.2) is 5.75 Å². The Hall–Kier alpha value is -2.33. The first kappa shape index (κ1) is 14.6. The number of rotatable bonds is 5. The molecule has 0 radical (unpaired) electrons. The fourth-order valence-electron chi connectivity index (χ4n) is 2.69. The Morgan fingerprint density at radius 3 is 2.45 bits per heavy atom. The van der Waals surface area contributed by atoms with E-state index in [0.29, 0.717) is 24.4 Å². The number of ether oxygens (including phenoxy) is 1. The highest BCUT2D eigenvalue weighted by molar-refractivity contribution is 6.09. The summed E-state index contributed by atoms with van der Waals surface area (Å²) in [6.07, 6.45) is 2.93. The number of carbonyl (C=O) groups is 1. The molecule has 0 aromatic heterocycles. The number of nitrogens with zero attached hydrogens (tertiary/aromatic N) is 1. The van der Waals surface area contributed by atoms with Crippen molar-refractivity contribution in [1.82, 2.24) is 0 Å². The molecule has 4 nitrogen and oxygen atoms in total. The van der Waals surface area contributed by atoms with E-state index >= 15 is 0 Å². The Bertz CT molecular complexity index is 670. The van der Waals surface area contributed by atoms with Crippen LogP contribution in [0.25, 0.3) is 0 Å². The van der Waals surface area contributed by atoms with Crippen molar-refractivity contribution in [2.75, 3.05) is 18.0 Å². The second kappa shape index (κ2) is 6.62. The third-order valence-electron chi connectivity index (χ3n) is 3.82. The normalized spacial score (nSPS) is 13.1. The minimum absolute atomic E-state index is 0.00621. The van der Waals surface area contributed by atoms with Crippen molar-refractivity contribution in [2.24, 2.45) is 5.73 Å². The van der Waals surface area contributed by atoms with Crippen molar-refractivity contribution in [3.05, 3.63) is 54.1 Å². The smallest absolute Gasteiger partial charge is 0.262 e. The molecule has 2 aromatic rings. The van der Waals surface area contributed by atoms with Crippen LogP contribution in [0.4, 0.5) is 5.69 Å². The van der Waals surface area contributed by atoms with Gasteiger partial charge >= 0.3 is 0 Å². The van der Waals surface area contributed by atoms with E-state index in [0.717, 1.165) is 30.7 Å². The van der Waals surface area contributed by atoms with Gasteiger partial charge in [0.2, 0.25) is 0 Å². The molecule has 0 atom stereocenters. The first-order valence-electron chi connectivity index (χ1n) is 7.69. The van der Waals surface area contributed by atoms with Crippen LogP contribution in [0.5, 0.6) is 11.5 Å². The number of carbonyl (C=O) groups excluding carboxylic acids is 1. The van der Waals surface area contributed by atoms with E-state index in [-0.39, 0.29) is 5.91 Å². The number of anilines is 1. The van der Waals surface area contributed by atoms with E-state index in [4.69, 9.17) is 10.5 Å². The molecule has 1 amide bonds. The molecule has 0 aliphatic carbocycles. The highest BCUT2D eigenvalue weighted by atomic mass is 16.5. The van der Waals surface area contributed by atoms with Gasteiger partial charge in [0.25, 0.3) is 5.91 Å². The summed E-state index contributed by atoms with van der Waals surface area (Å²) in [5, 5.41) is 0. The molecule has 1 aliphatic rings. The van der Waals surface area contributed by atoms with Gasteiger partial charge in [0, 0.05) is 6.54 Å². The molecule has 3 rings (SSSR count). The van der Waals surface area contributed by atoms with Crippen LogP contribution in [0.2, 0.25) is 0 Å². The number of para-hydroxylation sites is 3. The monoisotopic (exact) mass is 296 g/mol. The summed E-state index contributed by atoms with van der Waals surface area (Å²) in [5.41, 5.74) is 6.98. The van der Waals surface area contributed by atoms with Gasteiger partial charge in [-0.3, -0.25) is 4.79 Å². The van der Waals surface area contributed by atoms with Crippen LogP contribution in [0.1, 0.15) is 29.6 Å². The molecule has 114 valence electrons. The Labute approximate surface area is 130 Å². The lowest BCUT2D eigenvalue weighted by atomic mass is 10.1. The van der Waals surface area contributed by atoms with E-state index in [1.807, 2.05) is 53.4 Å². The molecule has 0 saturated heterocycles. The first-order valence-corrected chi connectivity index (χ1v) is 7.69. The number of hydrogen-bond donors (Lipinski definition) is 1. The molecule has 0 saturated carbocycles. The molecular weight excluding hydrogens is 276 g/mol. The van der Waals surface area contributed by atoms with E-state index in [1.165, 1.54) is 0 Å². The summed E-state index contributed by atoms with van der Waals surface area (Å²) >= 11 is 0. The van der Waals surface area contributed by atoms with Gasteiger partial charge in [-0.05, 0) is 43.7 Å². The van der Waals surface area contributed by atoms with Crippen LogP contribution < -0.4 is 15.4 Å². The molecular formula is C18H20N2O2. The van der Waals surface area contributed by atoms with E-state index in [1.54, 1.807) is 0 Å². The SMILES string of the molecule is NCCCCCN1C(=O)c2ccccc2Oc2ccccc21. The second-order valence-electron chi connectivity index (χ2n) is 5.37. The van der Waals surface area contributed by atoms with Crippen molar-refractivity contribution in [3.8, 4) is 11.5 Å². The van der Waals surface area contributed by atoms with Crippen LogP contribution in [-0.2, 0) is 0 Å². The molecule has 22 heavy (non-hydrogen) atoms. The standard InChI is InChI=1S/C18H20N2O2/c19-12-6-1-7-13-20-15-9-3-5-11-17(15)22-16-10-4-2-8-14(16)18(20)21/h2-5,8-11H,1,6-7,12-13,19H2. The summed E-state index contributed by atoms with van der Waals surface area (Å²) < 4.78 is 5.95. The fourth-order valence-corrected chi connectivity index (χ4v) is 2.69. The van der Waals surface area contributed by atoms with Crippen LogP contribution in [0, 0.1) is 0 Å². The van der Waals surface area contributed by atoms with Crippen molar-refractivity contribution in [3.63, 3.8) is 0 Å². The Balaban J connectivity index is 1.94. The third-order valence-corrected chi connectivity index (χ3v) is 3.82. The molecule has 1 aliphatic heterocycles. The van der Waals surface area contributed by atoms with E-state index < -0.39 is 0 Å². The zero-order valence-corrected chi connectivity index (χ0v) is 12.5. The maximum Gasteiger partial charge on any atom is 0.262 e. The van der Waals surface area contributed by atoms with Crippen molar-refractivity contribution in [1.29, 1.82) is 0 Å². The van der Waals surface area contributed by atoms with Crippen molar-refractivity contribution < 1.29 is 9.53 Å². The van der Waals surface area contributed by atoms with Gasteiger partial charge in [-0.25, -0.2) is 0 Å². The summed E-state index contributed by atoms with van der Waals surface area (Å²) in [5.74, 6) is 1.33. The first-order chi connectivity index (χ1) is 10.8. The minimum Gasteiger partial charge on any atom is -0.454 e. The number of nitrogens with two attached hydrogens (primary N) is 1. The maximum atomic E-state index is 12.9. The molecule has 0 fully saturated rings. The average molecular weight is 296 g/mol. The Kier molecular flexibility index (Phi) is 4.39. The van der Waals surface area contributed by atoms with Gasteiger partial charge in [-0.15, -0.1) is 0 Å². The van der Waals surface area contributed by atoms with E-state index in [9.17, 15) is 4.79 Å². The average Bonchev–Trinajstić information content (AvgIpc) is 2.67. The fraction of sp³-hybridized carbons (Fsp3) is 0.278. The maximum absolute atomic E-state index is 12.9. The predicted molar refractivity (Wildman–Crippen MR) is 87.5 cm³/mol. The van der Waals surface area contributed by atoms with Gasteiger partial charge in [-0.2, -0.15) is 0 Å². The predicted octanol–water partition coefficient (Wildman–Crippen LogP) is 3.57. The van der Waals surface area contributed by atoms with E-state index in [2.05, 4.69) is 0 Å². The van der Waals surface area contributed by atoms with Crippen molar-refractivity contribution >= 4 is 11.6 Å². The summed E-state index contributed by atoms with van der Waals surface area (Å²) in [7, 11) is 0. The second-order valence-corrected chi connectivity index (χ2v) is 5.37. The lowest BCUT2D eigenvalue weighted by Gasteiger charge is -2.22. The van der Waals surface area contributed by atoms with Crippen LogP contribution in [-0.4, -0.2) is 19.0 Å². The molecule has 2 aromatic carbocycles. The molecule has 0 bridgehead atoms. The molecule has 2 N–H and O–H groups in total. The zero-order chi connectivity index (χ0) is 15.4. The van der Waals surface area contributed by atoms with Gasteiger partial charge in [0.05, 0.1) is 11.3 Å². The lowest BCUT2D eigenvalue weighted by Crippen LogP contribution is -2.31. The van der Waals surface area contributed by atoms with Crippen LogP contribution >= 0.6 is 0 Å². The number of fused-ring (bicyclic) bond motifs is 2. The molecule has 0 unspecified atom stereocenters. The summed E-state index contributed by atoms with van der Waals surface area (Å²) in [6, 6.07) is 15.1. The van der Waals surface area contributed by atoms with Gasteiger partial charge < -0.3 is 15.4 Å². The molecule has 1 heterocycles. The zero-order valence-electron chi connectivity index (χ0n) is 12.5. The highest BCUT2D eigenvalue weighted by Crippen LogP contribution is 2.38. The Morgan fingerprint density at radius 1 is 0.909 bits per heavy atom. The topological polar surface area (TPSA) is 55.6 Å². The molecule has 0 spiro atoms. The summed E-state index contributed by atoms with van der Waals surface area (Å²) in [4.78, 5) is 14.7. The number of hydrogen-bond acceptors (Lipinski definition) is 3. The van der Waals surface area contributed by atoms with Crippen LogP contribution in [0.3, 0.4) is 0 Å². The lowest BCUT2D eigenvalue weighted by molar-refractivity contribution is 0.0986. The highest BCUT2D eigenvalue weighted by Gasteiger charge is 2.27. The molecule has 4 heteroatoms. The summed E-state index contributed by atoms with van der Waals surface area (Å²) in [6.45, 7) is 1.37. The third kappa shape index (κ3) is 2.83. The van der Waals surface area contributed by atoms with Crippen LogP contribution in [0.15, 0.2) is 48.5 Å². The van der Waals surface area contributed by atoms with Gasteiger partial charge in [0.1, 0.15) is 5.75 Å². The quantitative estimate of drug-likeness (QED) is 0.858. The number of unbranched alkanes of at least 4 members (excludes halogenated alkanes) is 2. The largest absolute Gasteiger partial charge is 0.454 e. The van der Waals surface area contributed by atoms with Crippen molar-refractivity contribution in [2.45, 2.75) is 19.3 Å². The number of amides is 1.